The second-order valence-corrected chi connectivity index (χ2v) is 6.06. The highest BCUT2D eigenvalue weighted by molar-refractivity contribution is 5.45. The van der Waals surface area contributed by atoms with Gasteiger partial charge in [0.15, 0.2) is 0 Å². The Morgan fingerprint density at radius 3 is 1.89 bits per heavy atom. The van der Waals surface area contributed by atoms with E-state index in [0.29, 0.717) is 24.4 Å². The van der Waals surface area contributed by atoms with E-state index in [2.05, 4.69) is 71.9 Å². The summed E-state index contributed by atoms with van der Waals surface area (Å²) < 4.78 is 6.05. The van der Waals surface area contributed by atoms with Crippen molar-refractivity contribution in [2.45, 2.75) is 53.4 Å². The van der Waals surface area contributed by atoms with Crippen LogP contribution in [0.25, 0.3) is 0 Å². The topological polar surface area (TPSA) is 9.23 Å². The summed E-state index contributed by atoms with van der Waals surface area (Å²) in [7, 11) is 0. The van der Waals surface area contributed by atoms with Gasteiger partial charge < -0.3 is 4.74 Å². The molecule has 0 saturated carbocycles. The van der Waals surface area contributed by atoms with Crippen LogP contribution in [0.15, 0.2) is 30.4 Å². The van der Waals surface area contributed by atoms with Crippen molar-refractivity contribution in [1.29, 1.82) is 0 Å². The van der Waals surface area contributed by atoms with Gasteiger partial charge in [-0.05, 0) is 28.9 Å². The lowest BCUT2D eigenvalue weighted by molar-refractivity contribution is 0.351. The fourth-order valence-electron chi connectivity index (χ4n) is 2.11. The standard InChI is InChI=1S/C18H28O/c1-13(2)9-8-12-19-18-16(14(3)4)10-7-11-17(18)15(5)6/h7-11,13-15H,12H2,1-6H3/b9-8+. The second-order valence-electron chi connectivity index (χ2n) is 6.06. The molecule has 0 atom stereocenters. The zero-order chi connectivity index (χ0) is 14.4. The van der Waals surface area contributed by atoms with Crippen LogP contribution in [0, 0.1) is 5.92 Å². The second kappa shape index (κ2) is 7.37. The van der Waals surface area contributed by atoms with E-state index in [0.717, 1.165) is 5.75 Å². The molecule has 1 aromatic rings. The molecule has 0 N–H and O–H groups in total. The van der Waals surface area contributed by atoms with Gasteiger partial charge in [0, 0.05) is 0 Å². The molecule has 0 amide bonds. The number of allylic oxidation sites excluding steroid dienone is 1. The molecule has 0 aliphatic heterocycles. The van der Waals surface area contributed by atoms with E-state index in [4.69, 9.17) is 4.74 Å². The van der Waals surface area contributed by atoms with Crippen LogP contribution in [0.4, 0.5) is 0 Å². The van der Waals surface area contributed by atoms with Gasteiger partial charge in [0.25, 0.3) is 0 Å². The van der Waals surface area contributed by atoms with Crippen molar-refractivity contribution in [3.8, 4) is 5.75 Å². The fourth-order valence-corrected chi connectivity index (χ4v) is 2.11. The van der Waals surface area contributed by atoms with Crippen LogP contribution in [0.2, 0.25) is 0 Å². The summed E-state index contributed by atoms with van der Waals surface area (Å²) in [6, 6.07) is 6.50. The Kier molecular flexibility index (Phi) is 6.14. The van der Waals surface area contributed by atoms with Crippen molar-refractivity contribution in [2.75, 3.05) is 6.61 Å². The minimum absolute atomic E-state index is 0.489. The van der Waals surface area contributed by atoms with Crippen LogP contribution in [-0.4, -0.2) is 6.61 Å². The summed E-state index contributed by atoms with van der Waals surface area (Å²) in [4.78, 5) is 0. The third-order valence-corrected chi connectivity index (χ3v) is 3.16. The van der Waals surface area contributed by atoms with Crippen molar-refractivity contribution in [1.82, 2.24) is 0 Å². The van der Waals surface area contributed by atoms with Gasteiger partial charge in [-0.3, -0.25) is 0 Å². The SMILES string of the molecule is CC(C)/C=C/COc1c(C(C)C)cccc1C(C)C. The first-order valence-corrected chi connectivity index (χ1v) is 7.35. The molecule has 19 heavy (non-hydrogen) atoms. The Balaban J connectivity index is 2.95. The number of para-hydroxylation sites is 1. The highest BCUT2D eigenvalue weighted by Gasteiger charge is 2.14. The number of hydrogen-bond acceptors (Lipinski definition) is 1. The van der Waals surface area contributed by atoms with E-state index >= 15 is 0 Å². The molecule has 0 spiro atoms. The molecular weight excluding hydrogens is 232 g/mol. The van der Waals surface area contributed by atoms with Crippen LogP contribution < -0.4 is 4.74 Å². The van der Waals surface area contributed by atoms with Crippen molar-refractivity contribution >= 4 is 0 Å². The fraction of sp³-hybridized carbons (Fsp3) is 0.556. The lowest BCUT2D eigenvalue weighted by Gasteiger charge is -2.19. The molecule has 106 valence electrons. The Morgan fingerprint density at radius 1 is 0.947 bits per heavy atom. The first-order chi connectivity index (χ1) is 8.93. The minimum Gasteiger partial charge on any atom is -0.489 e. The summed E-state index contributed by atoms with van der Waals surface area (Å²) in [5, 5.41) is 0. The molecule has 1 rings (SSSR count). The molecular formula is C18H28O. The molecule has 0 bridgehead atoms. The van der Waals surface area contributed by atoms with Crippen LogP contribution >= 0.6 is 0 Å². The molecule has 0 unspecified atom stereocenters. The van der Waals surface area contributed by atoms with Gasteiger partial charge in [0.05, 0.1) is 0 Å². The van der Waals surface area contributed by atoms with E-state index in [1.807, 2.05) is 0 Å². The van der Waals surface area contributed by atoms with Gasteiger partial charge in [-0.15, -0.1) is 0 Å². The van der Waals surface area contributed by atoms with Gasteiger partial charge >= 0.3 is 0 Å². The third kappa shape index (κ3) is 4.74. The highest BCUT2D eigenvalue weighted by atomic mass is 16.5. The quantitative estimate of drug-likeness (QED) is 0.611. The molecule has 1 aromatic carbocycles. The summed E-state index contributed by atoms with van der Waals surface area (Å²) in [6.45, 7) is 13.9. The molecule has 1 nitrogen and oxygen atoms in total. The van der Waals surface area contributed by atoms with Gasteiger partial charge in [-0.2, -0.15) is 0 Å². The third-order valence-electron chi connectivity index (χ3n) is 3.16. The van der Waals surface area contributed by atoms with E-state index in [9.17, 15) is 0 Å². The first-order valence-electron chi connectivity index (χ1n) is 7.35. The van der Waals surface area contributed by atoms with Gasteiger partial charge in [-0.25, -0.2) is 0 Å². The normalized spacial score (nSPS) is 12.1. The van der Waals surface area contributed by atoms with Crippen molar-refractivity contribution in [2.24, 2.45) is 5.92 Å². The summed E-state index contributed by atoms with van der Waals surface area (Å²) in [6.07, 6.45) is 4.30. The Bertz CT molecular complexity index is 387. The maximum atomic E-state index is 6.05. The van der Waals surface area contributed by atoms with Gasteiger partial charge in [-0.1, -0.05) is 71.9 Å². The maximum Gasteiger partial charge on any atom is 0.126 e. The Labute approximate surface area is 118 Å². The molecule has 0 aliphatic rings. The monoisotopic (exact) mass is 260 g/mol. The lowest BCUT2D eigenvalue weighted by atomic mass is 9.94. The van der Waals surface area contributed by atoms with E-state index in [1.54, 1.807) is 0 Å². The smallest absolute Gasteiger partial charge is 0.126 e. The summed E-state index contributed by atoms with van der Waals surface area (Å²) in [5.74, 6) is 2.64. The van der Waals surface area contributed by atoms with Crippen LogP contribution in [-0.2, 0) is 0 Å². The van der Waals surface area contributed by atoms with Gasteiger partial charge in [0.1, 0.15) is 12.4 Å². The zero-order valence-electron chi connectivity index (χ0n) is 13.2. The Hall–Kier alpha value is -1.24. The molecule has 0 radical (unpaired) electrons. The highest BCUT2D eigenvalue weighted by Crippen LogP contribution is 2.34. The Morgan fingerprint density at radius 2 is 1.47 bits per heavy atom. The van der Waals surface area contributed by atoms with Crippen LogP contribution in [0.1, 0.15) is 64.5 Å². The molecule has 1 heteroatoms. The number of hydrogen-bond donors (Lipinski definition) is 0. The predicted octanol–water partition coefficient (Wildman–Crippen LogP) is 5.52. The lowest BCUT2D eigenvalue weighted by Crippen LogP contribution is -2.04. The number of benzene rings is 1. The number of rotatable bonds is 6. The maximum absolute atomic E-state index is 6.05. The van der Waals surface area contributed by atoms with Crippen molar-refractivity contribution in [3.63, 3.8) is 0 Å². The summed E-state index contributed by atoms with van der Waals surface area (Å²) in [5.41, 5.74) is 2.62. The molecule has 0 aliphatic carbocycles. The molecule has 0 aromatic heterocycles. The van der Waals surface area contributed by atoms with E-state index in [1.165, 1.54) is 11.1 Å². The predicted molar refractivity (Wildman–Crippen MR) is 84.1 cm³/mol. The average molecular weight is 260 g/mol. The van der Waals surface area contributed by atoms with Crippen molar-refractivity contribution in [3.05, 3.63) is 41.5 Å². The number of ether oxygens (including phenoxy) is 1. The van der Waals surface area contributed by atoms with Gasteiger partial charge in [0.2, 0.25) is 0 Å². The molecule has 0 heterocycles. The van der Waals surface area contributed by atoms with Crippen LogP contribution in [0.5, 0.6) is 5.75 Å². The molecule has 0 saturated heterocycles. The van der Waals surface area contributed by atoms with Crippen LogP contribution in [0.3, 0.4) is 0 Å². The largest absolute Gasteiger partial charge is 0.489 e. The summed E-state index contributed by atoms with van der Waals surface area (Å²) >= 11 is 0. The van der Waals surface area contributed by atoms with E-state index in [-0.39, 0.29) is 0 Å². The zero-order valence-corrected chi connectivity index (χ0v) is 13.2. The average Bonchev–Trinajstić information content (AvgIpc) is 2.33. The minimum atomic E-state index is 0.489. The van der Waals surface area contributed by atoms with E-state index < -0.39 is 0 Å². The first kappa shape index (κ1) is 15.8. The van der Waals surface area contributed by atoms with Crippen molar-refractivity contribution < 1.29 is 4.74 Å². The molecule has 0 fully saturated rings.